The number of hydrogen-bond acceptors (Lipinski definition) is 3. The van der Waals surface area contributed by atoms with E-state index in [9.17, 15) is 23.5 Å². The Morgan fingerprint density at radius 3 is 2.11 bits per heavy atom. The van der Waals surface area contributed by atoms with Crippen molar-refractivity contribution in [1.29, 1.82) is 0 Å². The van der Waals surface area contributed by atoms with Crippen molar-refractivity contribution in [2.45, 2.75) is 6.42 Å². The molecule has 1 N–H and O–H groups in total. The van der Waals surface area contributed by atoms with Crippen LogP contribution in [0.15, 0.2) is 66.7 Å². The van der Waals surface area contributed by atoms with Gasteiger partial charge in [-0.05, 0) is 42.0 Å². The minimum Gasteiger partial charge on any atom is -0.478 e. The van der Waals surface area contributed by atoms with E-state index in [1.807, 2.05) is 0 Å². The molecule has 0 saturated heterocycles. The highest BCUT2D eigenvalue weighted by molar-refractivity contribution is 6.00. The number of ether oxygens (including phenoxy) is 1. The van der Waals surface area contributed by atoms with E-state index in [0.717, 1.165) is 12.1 Å². The second kappa shape index (κ2) is 7.78. The predicted molar refractivity (Wildman–Crippen MR) is 94.3 cm³/mol. The predicted octanol–water partition coefficient (Wildman–Crippen LogP) is 4.88. The van der Waals surface area contributed by atoms with Gasteiger partial charge in [-0.15, -0.1) is 0 Å². The highest BCUT2D eigenvalue weighted by atomic mass is 19.1. The minimum atomic E-state index is -1.38. The zero-order valence-electron chi connectivity index (χ0n) is 14.0. The van der Waals surface area contributed by atoms with Crippen LogP contribution >= 0.6 is 0 Å². The van der Waals surface area contributed by atoms with Gasteiger partial charge in [-0.25, -0.2) is 13.6 Å². The normalized spacial score (nSPS) is 10.4. The Labute approximate surface area is 153 Å². The first-order valence-corrected chi connectivity index (χ1v) is 8.02. The number of halogens is 2. The van der Waals surface area contributed by atoms with Gasteiger partial charge in [-0.1, -0.05) is 30.3 Å². The van der Waals surface area contributed by atoms with Crippen molar-refractivity contribution >= 4 is 11.8 Å². The summed E-state index contributed by atoms with van der Waals surface area (Å²) in [7, 11) is 0. The van der Waals surface area contributed by atoms with Gasteiger partial charge in [0.25, 0.3) is 0 Å². The van der Waals surface area contributed by atoms with E-state index in [-0.39, 0.29) is 17.7 Å². The number of carboxylic acids is 1. The summed E-state index contributed by atoms with van der Waals surface area (Å²) in [6.45, 7) is 0. The lowest BCUT2D eigenvalue weighted by atomic mass is 10.0. The van der Waals surface area contributed by atoms with Crippen molar-refractivity contribution in [3.63, 3.8) is 0 Å². The Morgan fingerprint density at radius 1 is 0.852 bits per heavy atom. The molecule has 6 heteroatoms. The molecule has 3 rings (SSSR count). The molecule has 0 spiro atoms. The van der Waals surface area contributed by atoms with Crippen LogP contribution in [0.2, 0.25) is 0 Å². The van der Waals surface area contributed by atoms with Crippen molar-refractivity contribution in [3.05, 3.63) is 95.1 Å². The van der Waals surface area contributed by atoms with Crippen LogP contribution in [0.25, 0.3) is 0 Å². The van der Waals surface area contributed by atoms with Gasteiger partial charge < -0.3 is 9.84 Å². The number of ketones is 1. The first kappa shape index (κ1) is 18.3. The molecule has 0 aromatic heterocycles. The molecule has 3 aromatic rings. The number of Topliss-reactive ketones (excluding diaryl/α,β-unsaturated/α-hetero) is 1. The molecule has 0 aliphatic heterocycles. The number of hydrogen-bond donors (Lipinski definition) is 1. The highest BCUT2D eigenvalue weighted by Crippen LogP contribution is 2.31. The fourth-order valence-electron chi connectivity index (χ4n) is 2.53. The van der Waals surface area contributed by atoms with Crippen molar-refractivity contribution < 1.29 is 28.2 Å². The van der Waals surface area contributed by atoms with Crippen LogP contribution in [0.1, 0.15) is 26.3 Å². The third-order valence-electron chi connectivity index (χ3n) is 3.87. The lowest BCUT2D eigenvalue weighted by Gasteiger charge is -2.12. The van der Waals surface area contributed by atoms with E-state index in [2.05, 4.69) is 0 Å². The number of aromatic carboxylic acids is 1. The Hall–Kier alpha value is -3.54. The summed E-state index contributed by atoms with van der Waals surface area (Å²) in [5.41, 5.74) is -0.182. The fourth-order valence-corrected chi connectivity index (χ4v) is 2.53. The molecule has 0 amide bonds. The zero-order valence-corrected chi connectivity index (χ0v) is 14.0. The molecule has 0 aliphatic carbocycles. The molecular formula is C21H14F2O4. The van der Waals surface area contributed by atoms with E-state index >= 15 is 0 Å². The van der Waals surface area contributed by atoms with Crippen LogP contribution in [-0.2, 0) is 6.42 Å². The molecule has 4 nitrogen and oxygen atoms in total. The first-order valence-electron chi connectivity index (χ1n) is 8.02. The molecule has 0 atom stereocenters. The van der Waals surface area contributed by atoms with Gasteiger partial charge in [0.2, 0.25) is 0 Å². The number of carboxylic acid groups (broad SMARTS) is 1. The van der Waals surface area contributed by atoms with Gasteiger partial charge in [-0.3, -0.25) is 4.79 Å². The summed E-state index contributed by atoms with van der Waals surface area (Å²) in [6, 6.07) is 15.6. The van der Waals surface area contributed by atoms with Crippen LogP contribution < -0.4 is 4.74 Å². The molecule has 3 aromatic carbocycles. The van der Waals surface area contributed by atoms with E-state index in [1.165, 1.54) is 36.4 Å². The molecule has 0 unspecified atom stereocenters. The maximum atomic E-state index is 14.9. The van der Waals surface area contributed by atoms with E-state index < -0.39 is 34.7 Å². The third-order valence-corrected chi connectivity index (χ3v) is 3.87. The lowest BCUT2D eigenvalue weighted by Crippen LogP contribution is -2.10. The van der Waals surface area contributed by atoms with Crippen molar-refractivity contribution in [3.8, 4) is 11.5 Å². The number of carbonyl (C=O) groups excluding carboxylic acids is 1. The van der Waals surface area contributed by atoms with Gasteiger partial charge in [-0.2, -0.15) is 0 Å². The molecule has 27 heavy (non-hydrogen) atoms. The lowest BCUT2D eigenvalue weighted by molar-refractivity contribution is 0.0692. The maximum Gasteiger partial charge on any atom is 0.339 e. The standard InChI is InChI=1S/C21H14F2O4/c22-14-8-6-13(7-9-14)12-18(24)16-10-11-17(21(25)26)20(19(16)23)27-15-4-2-1-3-5-15/h1-11H,12H2,(H,25,26). The average molecular weight is 368 g/mol. The molecular weight excluding hydrogens is 354 g/mol. The Kier molecular flexibility index (Phi) is 5.26. The highest BCUT2D eigenvalue weighted by Gasteiger charge is 2.23. The largest absolute Gasteiger partial charge is 0.478 e. The Bertz CT molecular complexity index is 983. The molecule has 136 valence electrons. The molecule has 0 fully saturated rings. The minimum absolute atomic E-state index is 0.158. The van der Waals surface area contributed by atoms with E-state index in [1.54, 1.807) is 18.2 Å². The average Bonchev–Trinajstić information content (AvgIpc) is 2.65. The van der Waals surface area contributed by atoms with Gasteiger partial charge >= 0.3 is 5.97 Å². The quantitative estimate of drug-likeness (QED) is 0.630. The number of para-hydroxylation sites is 1. The monoisotopic (exact) mass is 368 g/mol. The number of rotatable bonds is 6. The van der Waals surface area contributed by atoms with E-state index in [0.29, 0.717) is 5.56 Å². The smallest absolute Gasteiger partial charge is 0.339 e. The molecule has 0 radical (unpaired) electrons. The molecule has 0 bridgehead atoms. The summed E-state index contributed by atoms with van der Waals surface area (Å²) in [5, 5.41) is 9.29. The second-order valence-corrected chi connectivity index (χ2v) is 5.75. The fraction of sp³-hybridized carbons (Fsp3) is 0.0476. The topological polar surface area (TPSA) is 63.6 Å². The maximum absolute atomic E-state index is 14.9. The van der Waals surface area contributed by atoms with Gasteiger partial charge in [0.15, 0.2) is 17.3 Å². The summed E-state index contributed by atoms with van der Waals surface area (Å²) >= 11 is 0. The Morgan fingerprint density at radius 2 is 1.48 bits per heavy atom. The number of benzene rings is 3. The van der Waals surface area contributed by atoms with Crippen LogP contribution in [-0.4, -0.2) is 16.9 Å². The van der Waals surface area contributed by atoms with Crippen molar-refractivity contribution in [2.75, 3.05) is 0 Å². The van der Waals surface area contributed by atoms with Crippen molar-refractivity contribution in [2.24, 2.45) is 0 Å². The summed E-state index contributed by atoms with van der Waals surface area (Å²) in [6.07, 6.45) is -0.158. The summed E-state index contributed by atoms with van der Waals surface area (Å²) in [4.78, 5) is 23.9. The van der Waals surface area contributed by atoms with Crippen LogP contribution in [0, 0.1) is 11.6 Å². The summed E-state index contributed by atoms with van der Waals surface area (Å²) in [5.74, 6) is -3.74. The van der Waals surface area contributed by atoms with Crippen LogP contribution in [0.5, 0.6) is 11.5 Å². The molecule has 0 saturated carbocycles. The first-order chi connectivity index (χ1) is 13.0. The SMILES string of the molecule is O=C(Cc1ccc(F)cc1)c1ccc(C(=O)O)c(Oc2ccccc2)c1F. The van der Waals surface area contributed by atoms with E-state index in [4.69, 9.17) is 4.74 Å². The zero-order chi connectivity index (χ0) is 19.4. The van der Waals surface area contributed by atoms with Crippen molar-refractivity contribution in [1.82, 2.24) is 0 Å². The third kappa shape index (κ3) is 4.17. The molecule has 0 aliphatic rings. The Balaban J connectivity index is 1.96. The number of carbonyl (C=O) groups is 2. The van der Waals surface area contributed by atoms with Gasteiger partial charge in [0.1, 0.15) is 17.1 Å². The van der Waals surface area contributed by atoms with Crippen LogP contribution in [0.4, 0.5) is 8.78 Å². The summed E-state index contributed by atoms with van der Waals surface area (Å²) < 4.78 is 33.3. The van der Waals surface area contributed by atoms with Gasteiger partial charge in [0.05, 0.1) is 5.56 Å². The van der Waals surface area contributed by atoms with Crippen LogP contribution in [0.3, 0.4) is 0 Å². The molecule has 0 heterocycles. The van der Waals surface area contributed by atoms with Gasteiger partial charge in [0, 0.05) is 6.42 Å². The second-order valence-electron chi connectivity index (χ2n) is 5.75.